The van der Waals surface area contributed by atoms with Crippen molar-refractivity contribution in [2.24, 2.45) is 5.14 Å². The van der Waals surface area contributed by atoms with Crippen LogP contribution in [0.2, 0.25) is 5.02 Å². The number of sulfonamides is 1. The maximum atomic E-state index is 11.1. The van der Waals surface area contributed by atoms with E-state index in [1.807, 2.05) is 0 Å². The number of pyridine rings is 1. The third-order valence-corrected chi connectivity index (χ3v) is 3.85. The van der Waals surface area contributed by atoms with Gasteiger partial charge in [0.15, 0.2) is 0 Å². The summed E-state index contributed by atoms with van der Waals surface area (Å²) in [5, 5.41) is 8.78. The second-order valence-corrected chi connectivity index (χ2v) is 6.23. The van der Waals surface area contributed by atoms with E-state index < -0.39 is 10.0 Å². The van der Waals surface area contributed by atoms with Crippen molar-refractivity contribution in [2.75, 3.05) is 11.9 Å². The highest BCUT2D eigenvalue weighted by molar-refractivity contribution is 7.89. The summed E-state index contributed by atoms with van der Waals surface area (Å²) in [5.41, 5.74) is 1.01. The van der Waals surface area contributed by atoms with Gasteiger partial charge in [0.2, 0.25) is 10.0 Å². The summed E-state index contributed by atoms with van der Waals surface area (Å²) in [6, 6.07) is 10.1. The number of hydrogen-bond donors (Lipinski definition) is 2. The number of nitrogens with one attached hydrogen (secondary N) is 1. The normalized spacial score (nSPS) is 11.3. The first-order valence-electron chi connectivity index (χ1n) is 5.92. The molecule has 0 aliphatic carbocycles. The van der Waals surface area contributed by atoms with E-state index in [4.69, 9.17) is 16.7 Å². The molecule has 0 saturated carbocycles. The predicted molar refractivity (Wildman–Crippen MR) is 79.3 cm³/mol. The van der Waals surface area contributed by atoms with Gasteiger partial charge in [0, 0.05) is 12.7 Å². The van der Waals surface area contributed by atoms with Gasteiger partial charge < -0.3 is 5.32 Å². The Morgan fingerprint density at radius 2 is 1.85 bits per heavy atom. The van der Waals surface area contributed by atoms with Crippen LogP contribution in [0.25, 0.3) is 0 Å². The lowest BCUT2D eigenvalue weighted by atomic mass is 10.1. The Bertz CT molecular complexity index is 670. The van der Waals surface area contributed by atoms with Crippen molar-refractivity contribution in [3.05, 3.63) is 53.2 Å². The third kappa shape index (κ3) is 4.19. The number of hydrogen-bond acceptors (Lipinski definition) is 4. The molecule has 1 aromatic carbocycles. The minimum atomic E-state index is -3.63. The molecule has 0 unspecified atom stereocenters. The lowest BCUT2D eigenvalue weighted by Crippen LogP contribution is -2.12. The van der Waals surface area contributed by atoms with E-state index in [0.29, 0.717) is 11.6 Å². The molecule has 0 amide bonds. The zero-order chi connectivity index (χ0) is 14.6. The van der Waals surface area contributed by atoms with E-state index in [1.54, 1.807) is 30.5 Å². The minimum absolute atomic E-state index is 0.119. The number of halogens is 1. The maximum absolute atomic E-state index is 11.1. The first-order chi connectivity index (χ1) is 9.45. The fourth-order valence-electron chi connectivity index (χ4n) is 1.66. The molecule has 1 aromatic heterocycles. The Labute approximate surface area is 122 Å². The lowest BCUT2D eigenvalue weighted by Gasteiger charge is -2.06. The molecule has 0 aliphatic rings. The third-order valence-electron chi connectivity index (χ3n) is 2.70. The minimum Gasteiger partial charge on any atom is -0.370 e. The van der Waals surface area contributed by atoms with Crippen molar-refractivity contribution in [3.63, 3.8) is 0 Å². The maximum Gasteiger partial charge on any atom is 0.238 e. The Hall–Kier alpha value is -1.63. The largest absolute Gasteiger partial charge is 0.370 e. The summed E-state index contributed by atoms with van der Waals surface area (Å²) < 4.78 is 22.2. The smallest absolute Gasteiger partial charge is 0.238 e. The van der Waals surface area contributed by atoms with Gasteiger partial charge in [-0.15, -0.1) is 0 Å². The Kier molecular flexibility index (Phi) is 4.59. The molecule has 0 radical (unpaired) electrons. The van der Waals surface area contributed by atoms with Crippen LogP contribution in [-0.4, -0.2) is 19.9 Å². The second-order valence-electron chi connectivity index (χ2n) is 4.23. The zero-order valence-electron chi connectivity index (χ0n) is 10.6. The summed E-state index contributed by atoms with van der Waals surface area (Å²) in [7, 11) is -3.63. The molecular weight excluding hydrogens is 298 g/mol. The molecule has 0 spiro atoms. The number of rotatable bonds is 5. The van der Waals surface area contributed by atoms with Gasteiger partial charge in [-0.1, -0.05) is 23.7 Å². The standard InChI is InChI=1S/C13H14ClN3O2S/c14-11-3-6-13(17-9-11)16-8-7-10-1-4-12(5-2-10)20(15,18)19/h1-6,9H,7-8H2,(H,16,17)(H2,15,18,19). The van der Waals surface area contributed by atoms with Gasteiger partial charge in [0.1, 0.15) is 5.82 Å². The van der Waals surface area contributed by atoms with Crippen LogP contribution in [0.5, 0.6) is 0 Å². The highest BCUT2D eigenvalue weighted by atomic mass is 35.5. The molecule has 5 nitrogen and oxygen atoms in total. The number of nitrogens with two attached hydrogens (primary N) is 1. The van der Waals surface area contributed by atoms with Crippen LogP contribution in [0.15, 0.2) is 47.5 Å². The molecule has 0 saturated heterocycles. The Morgan fingerprint density at radius 1 is 1.15 bits per heavy atom. The quantitative estimate of drug-likeness (QED) is 0.885. The van der Waals surface area contributed by atoms with Gasteiger partial charge in [0.25, 0.3) is 0 Å². The van der Waals surface area contributed by atoms with E-state index in [9.17, 15) is 8.42 Å². The summed E-state index contributed by atoms with van der Waals surface area (Å²) >= 11 is 5.74. The molecule has 20 heavy (non-hydrogen) atoms. The van der Waals surface area contributed by atoms with Crippen molar-refractivity contribution in [2.45, 2.75) is 11.3 Å². The first kappa shape index (κ1) is 14.8. The van der Waals surface area contributed by atoms with Crippen LogP contribution in [0, 0.1) is 0 Å². The fourth-order valence-corrected chi connectivity index (χ4v) is 2.29. The monoisotopic (exact) mass is 311 g/mol. The van der Waals surface area contributed by atoms with E-state index in [1.165, 1.54) is 12.1 Å². The molecule has 7 heteroatoms. The number of primary sulfonamides is 1. The number of benzene rings is 1. The molecular formula is C13H14ClN3O2S. The predicted octanol–water partition coefficient (Wildman–Crippen LogP) is 2.04. The SMILES string of the molecule is NS(=O)(=O)c1ccc(CCNc2ccc(Cl)cn2)cc1. The Morgan fingerprint density at radius 3 is 2.40 bits per heavy atom. The van der Waals surface area contributed by atoms with Gasteiger partial charge in [-0.2, -0.15) is 0 Å². The molecule has 3 N–H and O–H groups in total. The Balaban J connectivity index is 1.90. The van der Waals surface area contributed by atoms with Crippen molar-refractivity contribution >= 4 is 27.4 Å². The van der Waals surface area contributed by atoms with E-state index in [2.05, 4.69) is 10.3 Å². The van der Waals surface area contributed by atoms with Gasteiger partial charge in [-0.05, 0) is 36.2 Å². The molecule has 0 fully saturated rings. The van der Waals surface area contributed by atoms with Crippen molar-refractivity contribution in [3.8, 4) is 0 Å². The van der Waals surface area contributed by atoms with Crippen LogP contribution in [0.1, 0.15) is 5.56 Å². The van der Waals surface area contributed by atoms with Crippen molar-refractivity contribution in [1.29, 1.82) is 0 Å². The van der Waals surface area contributed by atoms with E-state index in [-0.39, 0.29) is 4.90 Å². The van der Waals surface area contributed by atoms with Gasteiger partial charge in [0.05, 0.1) is 9.92 Å². The highest BCUT2D eigenvalue weighted by Crippen LogP contribution is 2.11. The average Bonchev–Trinajstić information content (AvgIpc) is 2.41. The van der Waals surface area contributed by atoms with Gasteiger partial charge >= 0.3 is 0 Å². The second kappa shape index (κ2) is 6.21. The molecule has 106 valence electrons. The lowest BCUT2D eigenvalue weighted by molar-refractivity contribution is 0.598. The number of aromatic nitrogens is 1. The summed E-state index contributed by atoms with van der Waals surface area (Å²) in [6.45, 7) is 0.684. The van der Waals surface area contributed by atoms with Crippen LogP contribution in [0.4, 0.5) is 5.82 Å². The van der Waals surface area contributed by atoms with Crippen LogP contribution in [0.3, 0.4) is 0 Å². The van der Waals surface area contributed by atoms with Gasteiger partial charge in [-0.3, -0.25) is 0 Å². The van der Waals surface area contributed by atoms with Crippen molar-refractivity contribution in [1.82, 2.24) is 4.98 Å². The molecule has 0 bridgehead atoms. The summed E-state index contributed by atoms with van der Waals surface area (Å²) in [6.07, 6.45) is 2.32. The van der Waals surface area contributed by atoms with Crippen LogP contribution in [-0.2, 0) is 16.4 Å². The van der Waals surface area contributed by atoms with Gasteiger partial charge in [-0.25, -0.2) is 18.5 Å². The number of anilines is 1. The molecule has 2 aromatic rings. The fraction of sp³-hybridized carbons (Fsp3) is 0.154. The summed E-state index contributed by atoms with van der Waals surface area (Å²) in [4.78, 5) is 4.24. The highest BCUT2D eigenvalue weighted by Gasteiger charge is 2.06. The number of nitrogens with zero attached hydrogens (tertiary/aromatic N) is 1. The molecule has 0 atom stereocenters. The zero-order valence-corrected chi connectivity index (χ0v) is 12.2. The van der Waals surface area contributed by atoms with E-state index >= 15 is 0 Å². The molecule has 1 heterocycles. The average molecular weight is 312 g/mol. The van der Waals surface area contributed by atoms with E-state index in [0.717, 1.165) is 17.8 Å². The van der Waals surface area contributed by atoms with Crippen LogP contribution < -0.4 is 10.5 Å². The van der Waals surface area contributed by atoms with Crippen LogP contribution >= 0.6 is 11.6 Å². The molecule has 0 aliphatic heterocycles. The summed E-state index contributed by atoms with van der Waals surface area (Å²) in [5.74, 6) is 0.746. The topological polar surface area (TPSA) is 85.1 Å². The van der Waals surface area contributed by atoms with Crippen molar-refractivity contribution < 1.29 is 8.42 Å². The first-order valence-corrected chi connectivity index (χ1v) is 7.85. The molecule has 2 rings (SSSR count).